The quantitative estimate of drug-likeness (QED) is 0.617. The molecular weight excluding hydrogens is 260 g/mol. The van der Waals surface area contributed by atoms with Gasteiger partial charge in [-0.1, -0.05) is 6.07 Å². The van der Waals surface area contributed by atoms with Crippen molar-refractivity contribution in [2.75, 3.05) is 39.8 Å². The van der Waals surface area contributed by atoms with Crippen LogP contribution in [0.25, 0.3) is 0 Å². The lowest BCUT2D eigenvalue weighted by atomic mass is 10.0. The van der Waals surface area contributed by atoms with Crippen molar-refractivity contribution in [2.45, 2.75) is 6.04 Å². The van der Waals surface area contributed by atoms with Gasteiger partial charge in [-0.3, -0.25) is 15.0 Å². The molecule has 0 aromatic heterocycles. The molecule has 1 fully saturated rings. The molecule has 2 rings (SSSR count). The number of likely N-dealkylation sites (N-methyl/N-ethyl adjacent to an activating group) is 1. The lowest BCUT2D eigenvalue weighted by molar-refractivity contribution is -0.386. The molecule has 0 radical (unpaired) electrons. The third-order valence-corrected chi connectivity index (χ3v) is 3.78. The smallest absolute Gasteiger partial charge is 0.311 e. The van der Waals surface area contributed by atoms with Crippen molar-refractivity contribution in [1.82, 2.24) is 9.80 Å². The fraction of sp³-hybridized carbons (Fsp3) is 0.538. The second-order valence-corrected chi connectivity index (χ2v) is 5.10. The molecule has 0 bridgehead atoms. The van der Waals surface area contributed by atoms with E-state index in [0.717, 1.165) is 31.7 Å². The molecule has 1 atom stereocenters. The van der Waals surface area contributed by atoms with Crippen LogP contribution in [0.15, 0.2) is 18.2 Å². The van der Waals surface area contributed by atoms with Crippen LogP contribution < -0.4 is 5.73 Å². The van der Waals surface area contributed by atoms with Gasteiger partial charge in [0.15, 0.2) is 5.75 Å². The first-order chi connectivity index (χ1) is 9.52. The zero-order valence-electron chi connectivity index (χ0n) is 11.5. The van der Waals surface area contributed by atoms with Crippen molar-refractivity contribution < 1.29 is 10.0 Å². The van der Waals surface area contributed by atoms with E-state index in [4.69, 9.17) is 5.73 Å². The van der Waals surface area contributed by atoms with Crippen molar-refractivity contribution in [1.29, 1.82) is 0 Å². The van der Waals surface area contributed by atoms with E-state index in [9.17, 15) is 15.2 Å². The topological polar surface area (TPSA) is 95.9 Å². The van der Waals surface area contributed by atoms with Gasteiger partial charge in [-0.15, -0.1) is 0 Å². The second-order valence-electron chi connectivity index (χ2n) is 5.10. The predicted octanol–water partition coefficient (Wildman–Crippen LogP) is 0.548. The standard InChI is InChI=1S/C13H20N4O3/c1-15-4-6-16(7-5-15)12(9-14)10-2-3-13(18)11(8-10)17(19)20/h2-3,8,12,18H,4-7,9,14H2,1H3. The van der Waals surface area contributed by atoms with Gasteiger partial charge >= 0.3 is 5.69 Å². The van der Waals surface area contributed by atoms with Crippen LogP contribution in [0.5, 0.6) is 5.75 Å². The summed E-state index contributed by atoms with van der Waals surface area (Å²) in [7, 11) is 2.07. The van der Waals surface area contributed by atoms with E-state index in [1.807, 2.05) is 0 Å². The highest BCUT2D eigenvalue weighted by Crippen LogP contribution is 2.30. The molecule has 1 aliphatic heterocycles. The van der Waals surface area contributed by atoms with Crippen LogP contribution in [0.4, 0.5) is 5.69 Å². The van der Waals surface area contributed by atoms with E-state index >= 15 is 0 Å². The molecule has 1 aromatic carbocycles. The minimum absolute atomic E-state index is 0.0528. The van der Waals surface area contributed by atoms with Gasteiger partial charge in [-0.25, -0.2) is 0 Å². The fourth-order valence-electron chi connectivity index (χ4n) is 2.52. The number of hydrogen-bond donors (Lipinski definition) is 2. The number of aromatic hydroxyl groups is 1. The molecule has 0 amide bonds. The molecule has 0 saturated carbocycles. The van der Waals surface area contributed by atoms with Crippen LogP contribution >= 0.6 is 0 Å². The van der Waals surface area contributed by atoms with E-state index in [1.54, 1.807) is 6.07 Å². The van der Waals surface area contributed by atoms with Crippen LogP contribution in [0, 0.1) is 10.1 Å². The highest BCUT2D eigenvalue weighted by Gasteiger charge is 2.25. The van der Waals surface area contributed by atoms with E-state index in [-0.39, 0.29) is 17.5 Å². The van der Waals surface area contributed by atoms with Gasteiger partial charge in [0.2, 0.25) is 0 Å². The van der Waals surface area contributed by atoms with Gasteiger partial charge in [0, 0.05) is 44.8 Å². The summed E-state index contributed by atoms with van der Waals surface area (Å²) in [6, 6.07) is 4.44. The Balaban J connectivity index is 2.23. The first-order valence-electron chi connectivity index (χ1n) is 6.63. The molecule has 7 nitrogen and oxygen atoms in total. The molecule has 110 valence electrons. The number of phenolic OH excluding ortho intramolecular Hbond substituents is 1. The Morgan fingerprint density at radius 3 is 2.60 bits per heavy atom. The summed E-state index contributed by atoms with van der Waals surface area (Å²) in [6.45, 7) is 4.07. The third-order valence-electron chi connectivity index (χ3n) is 3.78. The van der Waals surface area contributed by atoms with E-state index in [1.165, 1.54) is 12.1 Å². The van der Waals surface area contributed by atoms with Crippen molar-refractivity contribution in [3.8, 4) is 5.75 Å². The molecule has 7 heteroatoms. The van der Waals surface area contributed by atoms with E-state index in [2.05, 4.69) is 16.8 Å². The third kappa shape index (κ3) is 3.06. The zero-order valence-corrected chi connectivity index (χ0v) is 11.5. The molecule has 0 spiro atoms. The largest absolute Gasteiger partial charge is 0.502 e. The number of nitrogens with two attached hydrogens (primary N) is 1. The Bertz CT molecular complexity index is 487. The molecule has 1 unspecified atom stereocenters. The first-order valence-corrected chi connectivity index (χ1v) is 6.63. The molecule has 0 aliphatic carbocycles. The second kappa shape index (κ2) is 6.17. The van der Waals surface area contributed by atoms with Crippen LogP contribution in [-0.4, -0.2) is 59.6 Å². The SMILES string of the molecule is CN1CCN(C(CN)c2ccc(O)c([N+](=O)[O-])c2)CC1. The highest BCUT2D eigenvalue weighted by atomic mass is 16.6. The average molecular weight is 280 g/mol. The first kappa shape index (κ1) is 14.7. The van der Waals surface area contributed by atoms with Gasteiger partial charge in [-0.2, -0.15) is 0 Å². The molecule has 1 heterocycles. The lowest BCUT2D eigenvalue weighted by Crippen LogP contribution is -2.47. The van der Waals surface area contributed by atoms with Crippen molar-refractivity contribution in [3.63, 3.8) is 0 Å². The van der Waals surface area contributed by atoms with Crippen LogP contribution in [0.1, 0.15) is 11.6 Å². The van der Waals surface area contributed by atoms with E-state index < -0.39 is 4.92 Å². The van der Waals surface area contributed by atoms with Crippen LogP contribution in [-0.2, 0) is 0 Å². The Labute approximate surface area is 117 Å². The normalized spacial score (nSPS) is 18.9. The summed E-state index contributed by atoms with van der Waals surface area (Å²) in [5.41, 5.74) is 6.36. The van der Waals surface area contributed by atoms with Crippen LogP contribution in [0.3, 0.4) is 0 Å². The number of rotatable bonds is 4. The summed E-state index contributed by atoms with van der Waals surface area (Å²) in [5, 5.41) is 20.4. The van der Waals surface area contributed by atoms with Crippen molar-refractivity contribution in [3.05, 3.63) is 33.9 Å². The Hall–Kier alpha value is -1.70. The van der Waals surface area contributed by atoms with E-state index in [0.29, 0.717) is 6.54 Å². The van der Waals surface area contributed by atoms with Gasteiger partial charge in [0.05, 0.1) is 4.92 Å². The summed E-state index contributed by atoms with van der Waals surface area (Å²) >= 11 is 0. The highest BCUT2D eigenvalue weighted by molar-refractivity contribution is 5.48. The number of benzene rings is 1. The molecule has 1 saturated heterocycles. The molecule has 3 N–H and O–H groups in total. The molecule has 1 aromatic rings. The summed E-state index contributed by atoms with van der Waals surface area (Å²) in [5.74, 6) is -0.312. The summed E-state index contributed by atoms with van der Waals surface area (Å²) in [4.78, 5) is 14.8. The fourth-order valence-corrected chi connectivity index (χ4v) is 2.52. The Morgan fingerprint density at radius 2 is 2.05 bits per heavy atom. The predicted molar refractivity (Wildman–Crippen MR) is 75.6 cm³/mol. The van der Waals surface area contributed by atoms with Crippen LogP contribution in [0.2, 0.25) is 0 Å². The number of nitrogens with zero attached hydrogens (tertiary/aromatic N) is 3. The monoisotopic (exact) mass is 280 g/mol. The summed E-state index contributed by atoms with van der Waals surface area (Å²) < 4.78 is 0. The maximum absolute atomic E-state index is 10.9. The number of nitro benzene ring substituents is 1. The maximum atomic E-state index is 10.9. The number of nitro groups is 1. The molecular formula is C13H20N4O3. The van der Waals surface area contributed by atoms with Crippen molar-refractivity contribution >= 4 is 5.69 Å². The Kier molecular flexibility index (Phi) is 4.53. The molecule has 20 heavy (non-hydrogen) atoms. The van der Waals surface area contributed by atoms with Gasteiger partial charge in [-0.05, 0) is 18.7 Å². The minimum atomic E-state index is -0.573. The van der Waals surface area contributed by atoms with Crippen molar-refractivity contribution in [2.24, 2.45) is 5.73 Å². The van der Waals surface area contributed by atoms with Gasteiger partial charge in [0.1, 0.15) is 0 Å². The number of hydrogen-bond acceptors (Lipinski definition) is 6. The lowest BCUT2D eigenvalue weighted by Gasteiger charge is -2.37. The minimum Gasteiger partial charge on any atom is -0.502 e. The number of phenols is 1. The Morgan fingerprint density at radius 1 is 1.40 bits per heavy atom. The maximum Gasteiger partial charge on any atom is 0.311 e. The zero-order chi connectivity index (χ0) is 14.7. The summed E-state index contributed by atoms with van der Waals surface area (Å²) in [6.07, 6.45) is 0. The van der Waals surface area contributed by atoms with Gasteiger partial charge in [0.25, 0.3) is 0 Å². The molecule has 1 aliphatic rings. The average Bonchev–Trinajstić information content (AvgIpc) is 2.43. The number of piperazine rings is 1. The van der Waals surface area contributed by atoms with Gasteiger partial charge < -0.3 is 15.7 Å².